The first-order valence-electron chi connectivity index (χ1n) is 6.08. The summed E-state index contributed by atoms with van der Waals surface area (Å²) in [6, 6.07) is 10.2. The molecule has 0 atom stereocenters. The van der Waals surface area contributed by atoms with Gasteiger partial charge in [-0.05, 0) is 37.7 Å². The van der Waals surface area contributed by atoms with Crippen LogP contribution in [0.15, 0.2) is 30.3 Å². The van der Waals surface area contributed by atoms with Crippen LogP contribution in [0.3, 0.4) is 0 Å². The van der Waals surface area contributed by atoms with Gasteiger partial charge in [-0.25, -0.2) is 0 Å². The summed E-state index contributed by atoms with van der Waals surface area (Å²) in [5.74, 6) is -1.12. The van der Waals surface area contributed by atoms with Gasteiger partial charge in [-0.3, -0.25) is 4.79 Å². The molecule has 1 fully saturated rings. The highest BCUT2D eigenvalue weighted by Gasteiger charge is 2.45. The number of carbonyl (C=O) groups is 1. The summed E-state index contributed by atoms with van der Waals surface area (Å²) in [6.07, 6.45) is 3.38. The molecule has 92 valence electrons. The standard InChI is InChI=1S/C14H18O3/c15-13(16)12-9-14(17,10-12)8-4-7-11-5-2-1-3-6-11/h1-3,5-6,12,17H,4,7-10H2,(H,15,16). The molecule has 1 aliphatic rings. The van der Waals surface area contributed by atoms with Crippen molar-refractivity contribution in [2.24, 2.45) is 5.92 Å². The highest BCUT2D eigenvalue weighted by atomic mass is 16.4. The van der Waals surface area contributed by atoms with E-state index < -0.39 is 11.6 Å². The molecule has 0 radical (unpaired) electrons. The summed E-state index contributed by atoms with van der Waals surface area (Å²) in [5, 5.41) is 18.8. The lowest BCUT2D eigenvalue weighted by atomic mass is 9.68. The minimum absolute atomic E-state index is 0.336. The second-order valence-electron chi connectivity index (χ2n) is 5.01. The molecular weight excluding hydrogens is 216 g/mol. The molecule has 0 amide bonds. The van der Waals surface area contributed by atoms with Crippen molar-refractivity contribution in [1.29, 1.82) is 0 Å². The number of carboxylic acids is 1. The number of hydrogen-bond donors (Lipinski definition) is 2. The number of aliphatic carboxylic acids is 1. The fourth-order valence-electron chi connectivity index (χ4n) is 2.50. The molecule has 2 N–H and O–H groups in total. The second kappa shape index (κ2) is 4.88. The van der Waals surface area contributed by atoms with Crippen LogP contribution in [0.4, 0.5) is 0 Å². The maximum absolute atomic E-state index is 10.7. The van der Waals surface area contributed by atoms with E-state index in [1.165, 1.54) is 5.56 Å². The summed E-state index contributed by atoms with van der Waals surface area (Å²) in [4.78, 5) is 10.7. The molecule has 1 saturated carbocycles. The van der Waals surface area contributed by atoms with Crippen molar-refractivity contribution < 1.29 is 15.0 Å². The molecule has 0 aliphatic heterocycles. The Hall–Kier alpha value is -1.35. The summed E-state index contributed by atoms with van der Waals surface area (Å²) in [6.45, 7) is 0. The van der Waals surface area contributed by atoms with Crippen molar-refractivity contribution in [3.8, 4) is 0 Å². The Morgan fingerprint density at radius 1 is 1.29 bits per heavy atom. The molecule has 0 aromatic heterocycles. The van der Waals surface area contributed by atoms with Crippen LogP contribution in [0.2, 0.25) is 0 Å². The van der Waals surface area contributed by atoms with Crippen LogP contribution >= 0.6 is 0 Å². The van der Waals surface area contributed by atoms with E-state index in [2.05, 4.69) is 12.1 Å². The highest BCUT2D eigenvalue weighted by molar-refractivity contribution is 5.71. The van der Waals surface area contributed by atoms with Crippen molar-refractivity contribution in [2.45, 2.75) is 37.7 Å². The Balaban J connectivity index is 1.72. The van der Waals surface area contributed by atoms with Crippen molar-refractivity contribution in [1.82, 2.24) is 0 Å². The SMILES string of the molecule is O=C(O)C1CC(O)(CCCc2ccccc2)C1. The lowest BCUT2D eigenvalue weighted by Crippen LogP contribution is -2.46. The van der Waals surface area contributed by atoms with Gasteiger partial charge < -0.3 is 10.2 Å². The van der Waals surface area contributed by atoms with Crippen LogP contribution in [0.5, 0.6) is 0 Å². The number of carboxylic acid groups (broad SMARTS) is 1. The van der Waals surface area contributed by atoms with Gasteiger partial charge in [0.25, 0.3) is 0 Å². The van der Waals surface area contributed by atoms with Crippen LogP contribution in [0.1, 0.15) is 31.2 Å². The number of rotatable bonds is 5. The summed E-state index contributed by atoms with van der Waals surface area (Å²) in [5.41, 5.74) is 0.544. The van der Waals surface area contributed by atoms with Gasteiger partial charge in [0.2, 0.25) is 0 Å². The molecule has 1 aromatic rings. The quantitative estimate of drug-likeness (QED) is 0.821. The van der Waals surface area contributed by atoms with E-state index in [1.54, 1.807) is 0 Å². The largest absolute Gasteiger partial charge is 0.481 e. The normalized spacial score (nSPS) is 27.5. The third-order valence-electron chi connectivity index (χ3n) is 3.55. The van der Waals surface area contributed by atoms with E-state index in [-0.39, 0.29) is 5.92 Å². The average Bonchev–Trinajstić information content (AvgIpc) is 2.27. The molecule has 0 unspecified atom stereocenters. The molecule has 17 heavy (non-hydrogen) atoms. The Morgan fingerprint density at radius 2 is 1.94 bits per heavy atom. The van der Waals surface area contributed by atoms with Crippen LogP contribution in [-0.4, -0.2) is 21.8 Å². The number of hydrogen-bond acceptors (Lipinski definition) is 2. The number of aliphatic hydroxyl groups is 1. The van der Waals surface area contributed by atoms with Gasteiger partial charge in [0, 0.05) is 0 Å². The van der Waals surface area contributed by atoms with Gasteiger partial charge >= 0.3 is 5.97 Å². The lowest BCUT2D eigenvalue weighted by Gasteiger charge is -2.41. The van der Waals surface area contributed by atoms with Crippen LogP contribution in [0, 0.1) is 5.92 Å². The first kappa shape index (κ1) is 12.1. The molecular formula is C14H18O3. The van der Waals surface area contributed by atoms with E-state index in [4.69, 9.17) is 5.11 Å². The zero-order valence-corrected chi connectivity index (χ0v) is 9.80. The Bertz CT molecular complexity index is 380. The monoisotopic (exact) mass is 234 g/mol. The first-order chi connectivity index (χ1) is 8.09. The van der Waals surface area contributed by atoms with Gasteiger partial charge in [0.1, 0.15) is 0 Å². The third-order valence-corrected chi connectivity index (χ3v) is 3.55. The van der Waals surface area contributed by atoms with Gasteiger partial charge in [-0.15, -0.1) is 0 Å². The van der Waals surface area contributed by atoms with E-state index in [0.717, 1.165) is 12.8 Å². The van der Waals surface area contributed by atoms with E-state index >= 15 is 0 Å². The van der Waals surface area contributed by atoms with Crippen molar-refractivity contribution in [3.05, 3.63) is 35.9 Å². The first-order valence-corrected chi connectivity index (χ1v) is 6.08. The minimum Gasteiger partial charge on any atom is -0.481 e. The highest BCUT2D eigenvalue weighted by Crippen LogP contribution is 2.41. The zero-order chi connectivity index (χ0) is 12.3. The van der Waals surface area contributed by atoms with Crippen LogP contribution in [0.25, 0.3) is 0 Å². The summed E-state index contributed by atoms with van der Waals surface area (Å²) < 4.78 is 0. The van der Waals surface area contributed by atoms with Crippen molar-refractivity contribution in [3.63, 3.8) is 0 Å². The van der Waals surface area contributed by atoms with E-state index in [1.807, 2.05) is 18.2 Å². The average molecular weight is 234 g/mol. The molecule has 3 heteroatoms. The minimum atomic E-state index is -0.780. The predicted molar refractivity (Wildman–Crippen MR) is 64.7 cm³/mol. The van der Waals surface area contributed by atoms with Crippen molar-refractivity contribution >= 4 is 5.97 Å². The molecule has 0 saturated heterocycles. The van der Waals surface area contributed by atoms with Crippen LogP contribution in [-0.2, 0) is 11.2 Å². The van der Waals surface area contributed by atoms with Gasteiger partial charge in [0.15, 0.2) is 0 Å². The number of aryl methyl sites for hydroxylation is 1. The van der Waals surface area contributed by atoms with Crippen molar-refractivity contribution in [2.75, 3.05) is 0 Å². The topological polar surface area (TPSA) is 57.5 Å². The Morgan fingerprint density at radius 3 is 2.53 bits per heavy atom. The predicted octanol–water partition coefficient (Wildman–Crippen LogP) is 2.24. The number of benzene rings is 1. The summed E-state index contributed by atoms with van der Waals surface area (Å²) in [7, 11) is 0. The Labute approximate surface area is 101 Å². The molecule has 0 heterocycles. The van der Waals surface area contributed by atoms with Gasteiger partial charge in [-0.2, -0.15) is 0 Å². The van der Waals surface area contributed by atoms with Gasteiger partial charge in [-0.1, -0.05) is 30.3 Å². The molecule has 0 bridgehead atoms. The smallest absolute Gasteiger partial charge is 0.306 e. The summed E-state index contributed by atoms with van der Waals surface area (Å²) >= 11 is 0. The molecule has 3 nitrogen and oxygen atoms in total. The zero-order valence-electron chi connectivity index (χ0n) is 9.80. The molecule has 1 aromatic carbocycles. The van der Waals surface area contributed by atoms with E-state index in [0.29, 0.717) is 19.3 Å². The third kappa shape index (κ3) is 3.07. The fourth-order valence-corrected chi connectivity index (χ4v) is 2.50. The Kier molecular flexibility index (Phi) is 3.48. The molecule has 1 aliphatic carbocycles. The lowest BCUT2D eigenvalue weighted by molar-refractivity contribution is -0.159. The maximum Gasteiger partial charge on any atom is 0.306 e. The second-order valence-corrected chi connectivity index (χ2v) is 5.01. The molecule has 2 rings (SSSR count). The van der Waals surface area contributed by atoms with E-state index in [9.17, 15) is 9.90 Å². The van der Waals surface area contributed by atoms with Crippen LogP contribution < -0.4 is 0 Å². The molecule has 0 spiro atoms. The van der Waals surface area contributed by atoms with Gasteiger partial charge in [0.05, 0.1) is 11.5 Å². The maximum atomic E-state index is 10.7. The fraction of sp³-hybridized carbons (Fsp3) is 0.500.